The van der Waals surface area contributed by atoms with Gasteiger partial charge in [0.1, 0.15) is 0 Å². The van der Waals surface area contributed by atoms with Crippen LogP contribution in [-0.4, -0.2) is 62.1 Å². The molecule has 3 rings (SSSR count). The first-order valence-electron chi connectivity index (χ1n) is 8.02. The van der Waals surface area contributed by atoms with Crippen LogP contribution in [0.4, 0.5) is 0 Å². The van der Waals surface area contributed by atoms with Gasteiger partial charge in [-0.05, 0) is 17.7 Å². The molecule has 0 aromatic heterocycles. The monoisotopic (exact) mass is 352 g/mol. The summed E-state index contributed by atoms with van der Waals surface area (Å²) in [6.07, 6.45) is 0.486. The van der Waals surface area contributed by atoms with Crippen LogP contribution in [-0.2, 0) is 25.5 Å². The van der Waals surface area contributed by atoms with Crippen LogP contribution in [0.15, 0.2) is 29.4 Å². The lowest BCUT2D eigenvalue weighted by Crippen LogP contribution is -2.44. The van der Waals surface area contributed by atoms with Crippen molar-refractivity contribution in [3.05, 3.63) is 34.9 Å². The molecule has 1 amide bonds. The van der Waals surface area contributed by atoms with E-state index in [1.165, 1.54) is 0 Å². The molecule has 0 saturated carbocycles. The van der Waals surface area contributed by atoms with Gasteiger partial charge in [0.25, 0.3) is 5.91 Å². The Morgan fingerprint density at radius 1 is 1.42 bits per heavy atom. The maximum atomic E-state index is 12.5. The Morgan fingerprint density at radius 2 is 2.29 bits per heavy atom. The highest BCUT2D eigenvalue weighted by atomic mass is 35.5. The van der Waals surface area contributed by atoms with Gasteiger partial charge in [0.15, 0.2) is 0 Å². The Bertz CT molecular complexity index is 616. The van der Waals surface area contributed by atoms with Crippen LogP contribution in [0.1, 0.15) is 12.0 Å². The molecule has 2 aliphatic heterocycles. The number of carbonyl (C=O) groups excluding carboxylic acids is 1. The lowest BCUT2D eigenvalue weighted by atomic mass is 10.0. The number of halogens is 1. The molecule has 0 N–H and O–H groups in total. The third-order valence-corrected chi connectivity index (χ3v) is 4.28. The number of ether oxygens (including phenoxy) is 2. The van der Waals surface area contributed by atoms with Crippen molar-refractivity contribution in [3.63, 3.8) is 0 Å². The van der Waals surface area contributed by atoms with Gasteiger partial charge in [-0.3, -0.25) is 4.79 Å². The summed E-state index contributed by atoms with van der Waals surface area (Å²) in [6, 6.07) is 7.61. The lowest BCUT2D eigenvalue weighted by molar-refractivity contribution is -0.146. The molecule has 24 heavy (non-hydrogen) atoms. The first-order valence-corrected chi connectivity index (χ1v) is 8.40. The van der Waals surface area contributed by atoms with Crippen LogP contribution in [0, 0.1) is 0 Å². The highest BCUT2D eigenvalue weighted by Crippen LogP contribution is 2.18. The third kappa shape index (κ3) is 4.47. The Morgan fingerprint density at radius 3 is 3.04 bits per heavy atom. The van der Waals surface area contributed by atoms with Crippen molar-refractivity contribution in [1.29, 1.82) is 0 Å². The van der Waals surface area contributed by atoms with Gasteiger partial charge in [0.2, 0.25) is 6.10 Å². The summed E-state index contributed by atoms with van der Waals surface area (Å²) in [5.41, 5.74) is 1.90. The molecular formula is C17H21ClN2O4. The quantitative estimate of drug-likeness (QED) is 0.812. The van der Waals surface area contributed by atoms with E-state index >= 15 is 0 Å². The molecule has 130 valence electrons. The van der Waals surface area contributed by atoms with Crippen molar-refractivity contribution in [3.8, 4) is 0 Å². The predicted molar refractivity (Wildman–Crippen MR) is 90.3 cm³/mol. The van der Waals surface area contributed by atoms with Crippen molar-refractivity contribution < 1.29 is 19.1 Å². The highest BCUT2D eigenvalue weighted by molar-refractivity contribution is 6.30. The van der Waals surface area contributed by atoms with Gasteiger partial charge in [-0.1, -0.05) is 28.9 Å². The van der Waals surface area contributed by atoms with E-state index in [0.717, 1.165) is 11.3 Å². The topological polar surface area (TPSA) is 60.4 Å². The molecule has 2 heterocycles. The molecule has 0 bridgehead atoms. The average molecular weight is 353 g/mol. The van der Waals surface area contributed by atoms with Gasteiger partial charge >= 0.3 is 0 Å². The second kappa shape index (κ2) is 7.96. The number of benzene rings is 1. The third-order valence-electron chi connectivity index (χ3n) is 4.04. The van der Waals surface area contributed by atoms with Crippen LogP contribution in [0.25, 0.3) is 0 Å². The molecule has 0 unspecified atom stereocenters. The van der Waals surface area contributed by atoms with Gasteiger partial charge in [-0.15, -0.1) is 0 Å². The van der Waals surface area contributed by atoms with E-state index in [0.29, 0.717) is 44.2 Å². The smallest absolute Gasteiger partial charge is 0.266 e. The highest BCUT2D eigenvalue weighted by Gasteiger charge is 2.31. The molecule has 2 atom stereocenters. The van der Waals surface area contributed by atoms with Gasteiger partial charge in [-0.2, -0.15) is 0 Å². The van der Waals surface area contributed by atoms with E-state index < -0.39 is 6.10 Å². The fourth-order valence-corrected chi connectivity index (χ4v) is 3.04. The van der Waals surface area contributed by atoms with Crippen molar-refractivity contribution in [2.45, 2.75) is 25.0 Å². The Hall–Kier alpha value is -1.63. The minimum absolute atomic E-state index is 0.0825. The molecule has 1 fully saturated rings. The van der Waals surface area contributed by atoms with E-state index in [1.807, 2.05) is 24.3 Å². The zero-order chi connectivity index (χ0) is 16.9. The van der Waals surface area contributed by atoms with E-state index in [9.17, 15) is 4.79 Å². The number of nitrogens with zero attached hydrogens (tertiary/aromatic N) is 2. The summed E-state index contributed by atoms with van der Waals surface area (Å²) in [5.74, 6) is -0.0889. The van der Waals surface area contributed by atoms with E-state index in [2.05, 4.69) is 5.16 Å². The lowest BCUT2D eigenvalue weighted by Gasteiger charge is -2.28. The minimum atomic E-state index is -0.561. The first-order chi connectivity index (χ1) is 11.6. The summed E-state index contributed by atoms with van der Waals surface area (Å²) >= 11 is 5.99. The number of amides is 1. The van der Waals surface area contributed by atoms with E-state index in [-0.39, 0.29) is 12.0 Å². The van der Waals surface area contributed by atoms with Crippen molar-refractivity contribution in [2.24, 2.45) is 5.16 Å². The largest absolute Gasteiger partial charge is 0.382 e. The van der Waals surface area contributed by atoms with Crippen molar-refractivity contribution in [2.75, 3.05) is 33.4 Å². The van der Waals surface area contributed by atoms with Gasteiger partial charge in [0, 0.05) is 31.5 Å². The van der Waals surface area contributed by atoms with Gasteiger partial charge in [-0.25, -0.2) is 0 Å². The second-order valence-corrected chi connectivity index (χ2v) is 6.49. The molecule has 0 aliphatic carbocycles. The van der Waals surface area contributed by atoms with Crippen LogP contribution < -0.4 is 0 Å². The molecule has 1 aromatic carbocycles. The number of hydrogen-bond donors (Lipinski definition) is 0. The number of rotatable bonds is 5. The zero-order valence-corrected chi connectivity index (χ0v) is 14.4. The SMILES string of the molecule is CN(C[C@@H]1COCCO1)C(=O)[C@H]1CC(Cc2cccc(Cl)c2)=NO1. The molecular weight excluding hydrogens is 332 g/mol. The molecule has 1 aromatic rings. The number of carbonyl (C=O) groups is 1. The average Bonchev–Trinajstić information content (AvgIpc) is 3.03. The summed E-state index contributed by atoms with van der Waals surface area (Å²) in [6.45, 7) is 2.18. The Kier molecular flexibility index (Phi) is 5.71. The van der Waals surface area contributed by atoms with Crippen LogP contribution in [0.2, 0.25) is 5.02 Å². The van der Waals surface area contributed by atoms with Crippen molar-refractivity contribution in [1.82, 2.24) is 4.90 Å². The number of hydrogen-bond acceptors (Lipinski definition) is 5. The maximum absolute atomic E-state index is 12.5. The van der Waals surface area contributed by atoms with Gasteiger partial charge < -0.3 is 19.2 Å². The van der Waals surface area contributed by atoms with Gasteiger partial charge in [0.05, 0.1) is 31.6 Å². The minimum Gasteiger partial charge on any atom is -0.382 e. The van der Waals surface area contributed by atoms with Crippen LogP contribution in [0.5, 0.6) is 0 Å². The predicted octanol–water partition coefficient (Wildman–Crippen LogP) is 1.90. The maximum Gasteiger partial charge on any atom is 0.266 e. The molecule has 7 heteroatoms. The van der Waals surface area contributed by atoms with Crippen LogP contribution in [0.3, 0.4) is 0 Å². The molecule has 6 nitrogen and oxygen atoms in total. The van der Waals surface area contributed by atoms with Crippen molar-refractivity contribution >= 4 is 23.2 Å². The molecule has 0 radical (unpaired) electrons. The second-order valence-electron chi connectivity index (χ2n) is 6.05. The summed E-state index contributed by atoms with van der Waals surface area (Å²) in [7, 11) is 1.75. The number of likely N-dealkylation sites (N-methyl/N-ethyl adjacent to an activating group) is 1. The fraction of sp³-hybridized carbons (Fsp3) is 0.529. The Balaban J connectivity index is 1.49. The fourth-order valence-electron chi connectivity index (χ4n) is 2.83. The van der Waals surface area contributed by atoms with Crippen LogP contribution >= 0.6 is 11.6 Å². The molecule has 0 spiro atoms. The summed E-state index contributed by atoms with van der Waals surface area (Å²) < 4.78 is 10.9. The summed E-state index contributed by atoms with van der Waals surface area (Å²) in [4.78, 5) is 19.4. The summed E-state index contributed by atoms with van der Waals surface area (Å²) in [5, 5.41) is 4.75. The Labute approximate surface area is 146 Å². The van der Waals surface area contributed by atoms with E-state index in [4.69, 9.17) is 25.9 Å². The molecule has 2 aliphatic rings. The standard InChI is InChI=1S/C17H21ClN2O4/c1-20(10-15-11-22-5-6-23-15)17(21)16-9-14(19-24-16)8-12-3-2-4-13(18)7-12/h2-4,7,15-16H,5-6,8-11H2,1H3/t15-,16-/m1/s1. The zero-order valence-electron chi connectivity index (χ0n) is 13.6. The first kappa shape index (κ1) is 17.2. The normalized spacial score (nSPS) is 23.5. The number of oxime groups is 1. The molecule has 1 saturated heterocycles. The van der Waals surface area contributed by atoms with E-state index in [1.54, 1.807) is 11.9 Å².